The Morgan fingerprint density at radius 1 is 1.26 bits per heavy atom. The highest BCUT2D eigenvalue weighted by Gasteiger charge is 2.10. The van der Waals surface area contributed by atoms with E-state index in [1.54, 1.807) is 11.3 Å². The molecule has 1 N–H and O–H groups in total. The van der Waals surface area contributed by atoms with E-state index in [0.29, 0.717) is 0 Å². The van der Waals surface area contributed by atoms with E-state index in [1.807, 2.05) is 18.7 Å². The van der Waals surface area contributed by atoms with Crippen molar-refractivity contribution in [3.05, 3.63) is 5.69 Å². The number of unbranched alkanes of at least 4 members (excludes halogenated alkanes) is 2. The van der Waals surface area contributed by atoms with E-state index in [2.05, 4.69) is 34.4 Å². The van der Waals surface area contributed by atoms with Crippen molar-refractivity contribution < 1.29 is 0 Å². The van der Waals surface area contributed by atoms with Gasteiger partial charge in [-0.25, -0.2) is 9.67 Å². The van der Waals surface area contributed by atoms with Gasteiger partial charge in [-0.1, -0.05) is 17.8 Å². The molecule has 2 aromatic heterocycles. The van der Waals surface area contributed by atoms with Crippen LogP contribution in [0.5, 0.6) is 0 Å². The summed E-state index contributed by atoms with van der Waals surface area (Å²) in [6.07, 6.45) is 3.72. The van der Waals surface area contributed by atoms with Gasteiger partial charge in [0.15, 0.2) is 10.8 Å². The number of nitrogens with one attached hydrogen (secondary N) is 1. The number of rotatable bonds is 7. The highest BCUT2D eigenvalue weighted by Crippen LogP contribution is 2.27. The van der Waals surface area contributed by atoms with E-state index in [1.165, 1.54) is 30.5 Å². The number of aryl methyl sites for hydroxylation is 2. The Hall–Kier alpha value is -1.14. The van der Waals surface area contributed by atoms with Crippen molar-refractivity contribution in [2.24, 2.45) is 7.05 Å². The van der Waals surface area contributed by atoms with Crippen molar-refractivity contribution in [3.63, 3.8) is 0 Å². The minimum atomic E-state index is 0.984. The molecule has 2 rings (SSSR count). The number of aromatic nitrogens is 3. The molecule has 0 bridgehead atoms. The fourth-order valence-corrected chi connectivity index (χ4v) is 3.04. The summed E-state index contributed by atoms with van der Waals surface area (Å²) in [6, 6.07) is 0. The van der Waals surface area contributed by atoms with E-state index >= 15 is 0 Å². The molecule has 0 atom stereocenters. The Morgan fingerprint density at radius 3 is 2.74 bits per heavy atom. The monoisotopic (exact) mass is 281 g/mol. The number of nitrogens with zero attached hydrogens (tertiary/aromatic N) is 4. The first kappa shape index (κ1) is 14.3. The highest BCUT2D eigenvalue weighted by molar-refractivity contribution is 7.22. The SMILES string of the molecule is Cc1nn(C)c2nc(NCCCCCN(C)C)sc12. The highest BCUT2D eigenvalue weighted by atomic mass is 32.1. The largest absolute Gasteiger partial charge is 0.361 e. The summed E-state index contributed by atoms with van der Waals surface area (Å²) in [5, 5.41) is 8.79. The van der Waals surface area contributed by atoms with Crippen LogP contribution in [-0.2, 0) is 7.05 Å². The molecular formula is C13H23N5S. The third kappa shape index (κ3) is 3.67. The summed E-state index contributed by atoms with van der Waals surface area (Å²) in [5.41, 5.74) is 2.05. The normalized spacial score (nSPS) is 11.6. The lowest BCUT2D eigenvalue weighted by Crippen LogP contribution is -2.13. The fourth-order valence-electron chi connectivity index (χ4n) is 2.09. The van der Waals surface area contributed by atoms with Crippen molar-refractivity contribution in [3.8, 4) is 0 Å². The van der Waals surface area contributed by atoms with Gasteiger partial charge < -0.3 is 10.2 Å². The summed E-state index contributed by atoms with van der Waals surface area (Å²) < 4.78 is 3.04. The van der Waals surface area contributed by atoms with E-state index < -0.39 is 0 Å². The van der Waals surface area contributed by atoms with Gasteiger partial charge >= 0.3 is 0 Å². The quantitative estimate of drug-likeness (QED) is 0.792. The molecule has 0 aromatic carbocycles. The summed E-state index contributed by atoms with van der Waals surface area (Å²) in [6.45, 7) is 4.21. The number of thiazole rings is 1. The maximum absolute atomic E-state index is 4.58. The lowest BCUT2D eigenvalue weighted by Gasteiger charge is -2.08. The second kappa shape index (κ2) is 6.34. The lowest BCUT2D eigenvalue weighted by atomic mass is 10.2. The van der Waals surface area contributed by atoms with Crippen LogP contribution in [0.4, 0.5) is 5.13 Å². The van der Waals surface area contributed by atoms with Crippen molar-refractivity contribution in [1.82, 2.24) is 19.7 Å². The van der Waals surface area contributed by atoms with Crippen molar-refractivity contribution in [2.75, 3.05) is 32.5 Å². The van der Waals surface area contributed by atoms with Gasteiger partial charge in [0.2, 0.25) is 0 Å². The number of hydrogen-bond acceptors (Lipinski definition) is 5. The molecule has 19 heavy (non-hydrogen) atoms. The molecule has 0 saturated carbocycles. The van der Waals surface area contributed by atoms with Gasteiger partial charge in [0.25, 0.3) is 0 Å². The van der Waals surface area contributed by atoms with Crippen LogP contribution in [0.2, 0.25) is 0 Å². The van der Waals surface area contributed by atoms with Crippen LogP contribution in [0.3, 0.4) is 0 Å². The van der Waals surface area contributed by atoms with Gasteiger partial charge in [0, 0.05) is 13.6 Å². The third-order valence-corrected chi connectivity index (χ3v) is 4.21. The Labute approximate surface area is 118 Å². The molecule has 106 valence electrons. The van der Waals surface area contributed by atoms with Crippen molar-refractivity contribution in [1.29, 1.82) is 0 Å². The van der Waals surface area contributed by atoms with E-state index in [0.717, 1.165) is 23.0 Å². The minimum absolute atomic E-state index is 0.984. The first-order valence-electron chi connectivity index (χ1n) is 6.76. The Balaban J connectivity index is 1.77. The topological polar surface area (TPSA) is 46.0 Å². The number of fused-ring (bicyclic) bond motifs is 1. The maximum atomic E-state index is 4.58. The molecule has 0 spiro atoms. The van der Waals surface area contributed by atoms with Crippen molar-refractivity contribution >= 4 is 26.8 Å². The molecular weight excluding hydrogens is 258 g/mol. The standard InChI is InChI=1S/C13H23N5S/c1-10-11-12(18(4)16-10)15-13(19-11)14-8-6-5-7-9-17(2)3/h5-9H2,1-4H3,(H,14,15). The zero-order valence-electron chi connectivity index (χ0n) is 12.2. The molecule has 2 heterocycles. The molecule has 0 fully saturated rings. The van der Waals surface area contributed by atoms with E-state index in [4.69, 9.17) is 0 Å². The number of anilines is 1. The van der Waals surface area contributed by atoms with Gasteiger partial charge in [0.1, 0.15) is 0 Å². The van der Waals surface area contributed by atoms with Crippen LogP contribution in [0, 0.1) is 6.92 Å². The Morgan fingerprint density at radius 2 is 2.05 bits per heavy atom. The van der Waals surface area contributed by atoms with Gasteiger partial charge in [0.05, 0.1) is 10.4 Å². The second-order valence-electron chi connectivity index (χ2n) is 5.17. The molecule has 0 aliphatic rings. The second-order valence-corrected chi connectivity index (χ2v) is 6.17. The molecule has 0 amide bonds. The summed E-state index contributed by atoms with van der Waals surface area (Å²) in [4.78, 5) is 6.81. The molecule has 0 unspecified atom stereocenters. The first-order chi connectivity index (χ1) is 9.08. The molecule has 2 aromatic rings. The van der Waals surface area contributed by atoms with Crippen LogP contribution in [0.15, 0.2) is 0 Å². The molecule has 0 aliphatic heterocycles. The van der Waals surface area contributed by atoms with Crippen LogP contribution in [0.25, 0.3) is 10.3 Å². The van der Waals surface area contributed by atoms with Crippen LogP contribution in [0.1, 0.15) is 25.0 Å². The van der Waals surface area contributed by atoms with Crippen molar-refractivity contribution in [2.45, 2.75) is 26.2 Å². The summed E-state index contributed by atoms with van der Waals surface area (Å²) in [7, 11) is 6.19. The van der Waals surface area contributed by atoms with Gasteiger partial charge in [-0.05, 0) is 40.4 Å². The minimum Gasteiger partial charge on any atom is -0.361 e. The summed E-state index contributed by atoms with van der Waals surface area (Å²) in [5.74, 6) is 0. The zero-order valence-corrected chi connectivity index (χ0v) is 13.0. The molecule has 0 aliphatic carbocycles. The van der Waals surface area contributed by atoms with Gasteiger partial charge in [-0.3, -0.25) is 0 Å². The molecule has 0 saturated heterocycles. The van der Waals surface area contributed by atoms with E-state index in [9.17, 15) is 0 Å². The fraction of sp³-hybridized carbons (Fsp3) is 0.692. The van der Waals surface area contributed by atoms with Gasteiger partial charge in [-0.2, -0.15) is 5.10 Å². The average molecular weight is 281 g/mol. The molecule has 0 radical (unpaired) electrons. The molecule has 6 heteroatoms. The van der Waals surface area contributed by atoms with Crippen LogP contribution >= 0.6 is 11.3 Å². The average Bonchev–Trinajstić information content (AvgIpc) is 2.86. The maximum Gasteiger partial charge on any atom is 0.185 e. The smallest absolute Gasteiger partial charge is 0.185 e. The zero-order chi connectivity index (χ0) is 13.8. The van der Waals surface area contributed by atoms with Gasteiger partial charge in [-0.15, -0.1) is 0 Å². The summed E-state index contributed by atoms with van der Waals surface area (Å²) >= 11 is 1.70. The lowest BCUT2D eigenvalue weighted by molar-refractivity contribution is 0.393. The van der Waals surface area contributed by atoms with Crippen LogP contribution in [-0.4, -0.2) is 46.8 Å². The number of hydrogen-bond donors (Lipinski definition) is 1. The predicted molar refractivity (Wildman–Crippen MR) is 82.0 cm³/mol. The molecule has 5 nitrogen and oxygen atoms in total. The predicted octanol–water partition coefficient (Wildman–Crippen LogP) is 2.48. The third-order valence-electron chi connectivity index (χ3n) is 3.10. The van der Waals surface area contributed by atoms with Crippen LogP contribution < -0.4 is 5.32 Å². The van der Waals surface area contributed by atoms with E-state index in [-0.39, 0.29) is 0 Å². The Kier molecular flexibility index (Phi) is 4.76. The first-order valence-corrected chi connectivity index (χ1v) is 7.58. The Bertz CT molecular complexity index is 494.